The van der Waals surface area contributed by atoms with Crippen molar-refractivity contribution in [2.24, 2.45) is 11.7 Å². The summed E-state index contributed by atoms with van der Waals surface area (Å²) in [4.78, 5) is 0. The number of aryl methyl sites for hydroxylation is 2. The number of nitrogens with zero attached hydrogens (tertiary/aromatic N) is 1. The molecule has 2 N–H and O–H groups in total. The van der Waals surface area contributed by atoms with Gasteiger partial charge in [-0.3, -0.25) is 0 Å². The van der Waals surface area contributed by atoms with Gasteiger partial charge in [0.05, 0.1) is 12.0 Å². The van der Waals surface area contributed by atoms with Crippen LogP contribution in [0.1, 0.15) is 42.5 Å². The van der Waals surface area contributed by atoms with Crippen LogP contribution in [-0.2, 0) is 12.8 Å². The monoisotopic (exact) mass is 214 g/mol. The molecule has 0 saturated carbocycles. The molecule has 1 aromatic carbocycles. The van der Waals surface area contributed by atoms with E-state index in [0.717, 1.165) is 12.0 Å². The molecule has 0 spiro atoms. The molecular weight excluding hydrogens is 196 g/mol. The van der Waals surface area contributed by atoms with Crippen molar-refractivity contribution < 1.29 is 0 Å². The predicted octanol–water partition coefficient (Wildman–Crippen LogP) is 2.72. The quantitative estimate of drug-likeness (QED) is 0.841. The van der Waals surface area contributed by atoms with Crippen molar-refractivity contribution in [2.45, 2.75) is 38.6 Å². The summed E-state index contributed by atoms with van der Waals surface area (Å²) in [6, 6.07) is 8.63. The molecule has 0 bridgehead atoms. The molecule has 0 aliphatic heterocycles. The Morgan fingerprint density at radius 2 is 2.12 bits per heavy atom. The van der Waals surface area contributed by atoms with Gasteiger partial charge in [0.25, 0.3) is 0 Å². The number of nitrogens with two attached hydrogens (primary N) is 1. The molecule has 2 unspecified atom stereocenters. The van der Waals surface area contributed by atoms with E-state index < -0.39 is 0 Å². The van der Waals surface area contributed by atoms with Gasteiger partial charge in [-0.1, -0.05) is 25.1 Å². The number of hydrogen-bond acceptors (Lipinski definition) is 2. The number of hydrogen-bond donors (Lipinski definition) is 1. The van der Waals surface area contributed by atoms with E-state index in [-0.39, 0.29) is 12.0 Å². The molecular formula is C14H18N2. The van der Waals surface area contributed by atoms with Crippen molar-refractivity contribution in [3.8, 4) is 6.07 Å². The highest BCUT2D eigenvalue weighted by atomic mass is 14.7. The Morgan fingerprint density at radius 3 is 2.81 bits per heavy atom. The van der Waals surface area contributed by atoms with Crippen LogP contribution in [0.25, 0.3) is 0 Å². The van der Waals surface area contributed by atoms with Gasteiger partial charge in [0.1, 0.15) is 0 Å². The average Bonchev–Trinajstić information content (AvgIpc) is 2.77. The summed E-state index contributed by atoms with van der Waals surface area (Å²) in [7, 11) is 0. The molecule has 2 atom stereocenters. The van der Waals surface area contributed by atoms with Gasteiger partial charge in [-0.15, -0.1) is 0 Å². The number of nitriles is 1. The van der Waals surface area contributed by atoms with E-state index in [4.69, 9.17) is 11.0 Å². The van der Waals surface area contributed by atoms with Crippen molar-refractivity contribution in [3.05, 3.63) is 34.9 Å². The van der Waals surface area contributed by atoms with Crippen LogP contribution in [0.3, 0.4) is 0 Å². The van der Waals surface area contributed by atoms with Crippen LogP contribution in [0, 0.1) is 17.2 Å². The van der Waals surface area contributed by atoms with E-state index in [2.05, 4.69) is 24.3 Å². The first-order valence-corrected chi connectivity index (χ1v) is 6.03. The summed E-state index contributed by atoms with van der Waals surface area (Å²) in [5.41, 5.74) is 10.1. The van der Waals surface area contributed by atoms with Crippen molar-refractivity contribution in [2.75, 3.05) is 0 Å². The zero-order chi connectivity index (χ0) is 11.5. The maximum atomic E-state index is 9.02. The third-order valence-corrected chi connectivity index (χ3v) is 3.55. The van der Waals surface area contributed by atoms with Crippen LogP contribution in [0.4, 0.5) is 0 Å². The Balaban J connectivity index is 2.24. The van der Waals surface area contributed by atoms with Gasteiger partial charge >= 0.3 is 0 Å². The van der Waals surface area contributed by atoms with Gasteiger partial charge in [0, 0.05) is 6.04 Å². The Hall–Kier alpha value is -1.33. The molecule has 0 amide bonds. The summed E-state index contributed by atoms with van der Waals surface area (Å²) in [5, 5.41) is 9.02. The molecule has 2 heteroatoms. The lowest BCUT2D eigenvalue weighted by molar-refractivity contribution is 0.517. The smallest absolute Gasteiger partial charge is 0.0675 e. The number of rotatable bonds is 3. The third kappa shape index (κ3) is 1.96. The Bertz CT molecular complexity index is 417. The highest BCUT2D eigenvalue weighted by molar-refractivity contribution is 5.37. The summed E-state index contributed by atoms with van der Waals surface area (Å²) in [6.07, 6.45) is 4.43. The van der Waals surface area contributed by atoms with E-state index in [9.17, 15) is 0 Å². The van der Waals surface area contributed by atoms with Crippen molar-refractivity contribution in [1.29, 1.82) is 5.26 Å². The molecule has 84 valence electrons. The molecule has 1 aliphatic rings. The summed E-state index contributed by atoms with van der Waals surface area (Å²) < 4.78 is 0. The molecule has 2 rings (SSSR count). The van der Waals surface area contributed by atoms with Gasteiger partial charge in [-0.05, 0) is 42.4 Å². The first kappa shape index (κ1) is 11.2. The fourth-order valence-electron chi connectivity index (χ4n) is 2.46. The summed E-state index contributed by atoms with van der Waals surface area (Å²) in [5.74, 6) is -0.0700. The lowest BCUT2D eigenvalue weighted by Crippen LogP contribution is -2.19. The predicted molar refractivity (Wildman–Crippen MR) is 64.8 cm³/mol. The zero-order valence-electron chi connectivity index (χ0n) is 9.74. The van der Waals surface area contributed by atoms with Crippen LogP contribution >= 0.6 is 0 Å². The van der Waals surface area contributed by atoms with Gasteiger partial charge in [0.15, 0.2) is 0 Å². The van der Waals surface area contributed by atoms with Gasteiger partial charge in [-0.25, -0.2) is 0 Å². The second kappa shape index (κ2) is 4.67. The topological polar surface area (TPSA) is 49.8 Å². The van der Waals surface area contributed by atoms with Gasteiger partial charge in [0.2, 0.25) is 0 Å². The molecule has 0 heterocycles. The standard InChI is InChI=1S/C14H18N2/c1-2-10(9-15)14(16)13-7-6-11-4-3-5-12(11)8-13/h6-8,10,14H,2-5,16H2,1H3. The Labute approximate surface area is 97.1 Å². The minimum atomic E-state index is -0.138. The van der Waals surface area contributed by atoms with E-state index in [1.807, 2.05) is 6.92 Å². The molecule has 0 radical (unpaired) electrons. The van der Waals surface area contributed by atoms with Gasteiger partial charge in [-0.2, -0.15) is 5.26 Å². The average molecular weight is 214 g/mol. The maximum Gasteiger partial charge on any atom is 0.0675 e. The highest BCUT2D eigenvalue weighted by Crippen LogP contribution is 2.28. The minimum absolute atomic E-state index is 0.0700. The van der Waals surface area contributed by atoms with E-state index >= 15 is 0 Å². The molecule has 16 heavy (non-hydrogen) atoms. The second-order valence-electron chi connectivity index (χ2n) is 4.55. The largest absolute Gasteiger partial charge is 0.323 e. The van der Waals surface area contributed by atoms with Crippen molar-refractivity contribution in [1.82, 2.24) is 0 Å². The molecule has 0 fully saturated rings. The lowest BCUT2D eigenvalue weighted by atomic mass is 9.91. The number of benzene rings is 1. The van der Waals surface area contributed by atoms with Crippen molar-refractivity contribution >= 4 is 0 Å². The first-order chi connectivity index (χ1) is 7.76. The molecule has 1 aliphatic carbocycles. The highest BCUT2D eigenvalue weighted by Gasteiger charge is 2.19. The molecule has 1 aromatic rings. The fourth-order valence-corrected chi connectivity index (χ4v) is 2.46. The van der Waals surface area contributed by atoms with Crippen LogP contribution in [0.15, 0.2) is 18.2 Å². The molecule has 2 nitrogen and oxygen atoms in total. The molecule has 0 aromatic heterocycles. The van der Waals surface area contributed by atoms with E-state index in [1.165, 1.54) is 30.4 Å². The SMILES string of the molecule is CCC(C#N)C(N)c1ccc2c(c1)CCC2. The summed E-state index contributed by atoms with van der Waals surface area (Å²) in [6.45, 7) is 2.01. The van der Waals surface area contributed by atoms with Crippen LogP contribution in [0.5, 0.6) is 0 Å². The lowest BCUT2D eigenvalue weighted by Gasteiger charge is -2.17. The summed E-state index contributed by atoms with van der Waals surface area (Å²) >= 11 is 0. The van der Waals surface area contributed by atoms with Gasteiger partial charge < -0.3 is 5.73 Å². The van der Waals surface area contributed by atoms with E-state index in [0.29, 0.717) is 0 Å². The van der Waals surface area contributed by atoms with E-state index in [1.54, 1.807) is 0 Å². The maximum absolute atomic E-state index is 9.02. The third-order valence-electron chi connectivity index (χ3n) is 3.55. The fraction of sp³-hybridized carbons (Fsp3) is 0.500. The minimum Gasteiger partial charge on any atom is -0.323 e. The second-order valence-corrected chi connectivity index (χ2v) is 4.55. The molecule has 0 saturated heterocycles. The Morgan fingerprint density at radius 1 is 1.38 bits per heavy atom. The normalized spacial score (nSPS) is 17.6. The van der Waals surface area contributed by atoms with Crippen LogP contribution in [0.2, 0.25) is 0 Å². The van der Waals surface area contributed by atoms with Crippen LogP contribution in [-0.4, -0.2) is 0 Å². The van der Waals surface area contributed by atoms with Crippen LogP contribution < -0.4 is 5.73 Å². The zero-order valence-corrected chi connectivity index (χ0v) is 9.74. The first-order valence-electron chi connectivity index (χ1n) is 6.03. The van der Waals surface area contributed by atoms with Crippen molar-refractivity contribution in [3.63, 3.8) is 0 Å². The Kier molecular flexibility index (Phi) is 3.26. The number of fused-ring (bicyclic) bond motifs is 1.